The maximum Gasteiger partial charge on any atom is 0.254 e. The first-order valence-electron chi connectivity index (χ1n) is 6.80. The summed E-state index contributed by atoms with van der Waals surface area (Å²) in [4.78, 5) is 14.6. The first kappa shape index (κ1) is 14.8. The molecule has 2 rings (SSSR count). The molecule has 1 saturated heterocycles. The van der Waals surface area contributed by atoms with Crippen LogP contribution in [0, 0.1) is 16.4 Å². The number of carbonyl (C=O) groups excluding carboxylic acids is 1. The molecule has 1 aliphatic rings. The maximum atomic E-state index is 12.6. The van der Waals surface area contributed by atoms with Crippen molar-refractivity contribution < 1.29 is 4.79 Å². The molecule has 1 aliphatic heterocycles. The van der Waals surface area contributed by atoms with Gasteiger partial charge in [0.15, 0.2) is 0 Å². The number of hydrogen-bond donors (Lipinski definition) is 1. The van der Waals surface area contributed by atoms with Crippen molar-refractivity contribution in [3.05, 3.63) is 32.9 Å². The van der Waals surface area contributed by atoms with Crippen molar-refractivity contribution in [1.82, 2.24) is 4.90 Å². The van der Waals surface area contributed by atoms with E-state index in [9.17, 15) is 4.79 Å². The standard InChI is InChI=1S/C15H21IN2O/c1-10-5-6-14(16)13(8-10)15(19)18-7-3-4-12(9-18)11(2)17/h5-6,8,11-12H,3-4,7,9,17H2,1-2H3. The number of rotatable bonds is 2. The second-order valence-corrected chi connectivity index (χ2v) is 6.66. The molecule has 0 aliphatic carbocycles. The summed E-state index contributed by atoms with van der Waals surface area (Å²) in [5.41, 5.74) is 7.94. The van der Waals surface area contributed by atoms with Crippen molar-refractivity contribution in [3.63, 3.8) is 0 Å². The Hall–Kier alpha value is -0.620. The molecule has 1 aromatic rings. The summed E-state index contributed by atoms with van der Waals surface area (Å²) in [5.74, 6) is 0.582. The lowest BCUT2D eigenvalue weighted by Gasteiger charge is -2.34. The summed E-state index contributed by atoms with van der Waals surface area (Å²) < 4.78 is 1.02. The highest BCUT2D eigenvalue weighted by Crippen LogP contribution is 2.22. The van der Waals surface area contributed by atoms with Crippen LogP contribution in [0.1, 0.15) is 35.7 Å². The van der Waals surface area contributed by atoms with Crippen LogP contribution in [-0.4, -0.2) is 29.9 Å². The summed E-state index contributed by atoms with van der Waals surface area (Å²) in [5, 5.41) is 0. The highest BCUT2D eigenvalue weighted by atomic mass is 127. The van der Waals surface area contributed by atoms with Gasteiger partial charge in [-0.25, -0.2) is 0 Å². The van der Waals surface area contributed by atoms with Crippen LogP contribution < -0.4 is 5.73 Å². The largest absolute Gasteiger partial charge is 0.338 e. The van der Waals surface area contributed by atoms with Gasteiger partial charge in [-0.1, -0.05) is 11.6 Å². The number of likely N-dealkylation sites (tertiary alicyclic amines) is 1. The molecule has 2 N–H and O–H groups in total. The number of nitrogens with two attached hydrogens (primary N) is 1. The van der Waals surface area contributed by atoms with E-state index in [0.29, 0.717) is 5.92 Å². The number of hydrogen-bond acceptors (Lipinski definition) is 2. The third-order valence-corrected chi connectivity index (χ3v) is 4.78. The van der Waals surface area contributed by atoms with Gasteiger partial charge in [-0.2, -0.15) is 0 Å². The zero-order chi connectivity index (χ0) is 14.0. The second kappa shape index (κ2) is 6.22. The molecule has 3 nitrogen and oxygen atoms in total. The molecule has 0 saturated carbocycles. The molecular formula is C15H21IN2O. The van der Waals surface area contributed by atoms with Crippen LogP contribution in [0.3, 0.4) is 0 Å². The number of carbonyl (C=O) groups is 1. The molecule has 1 aromatic carbocycles. The van der Waals surface area contributed by atoms with E-state index < -0.39 is 0 Å². The first-order valence-corrected chi connectivity index (χ1v) is 7.88. The molecule has 0 bridgehead atoms. The third-order valence-electron chi connectivity index (χ3n) is 3.84. The van der Waals surface area contributed by atoms with Crippen LogP contribution in [0.5, 0.6) is 0 Å². The minimum Gasteiger partial charge on any atom is -0.338 e. The fourth-order valence-electron chi connectivity index (χ4n) is 2.60. The molecule has 0 spiro atoms. The highest BCUT2D eigenvalue weighted by Gasteiger charge is 2.27. The lowest BCUT2D eigenvalue weighted by molar-refractivity contribution is 0.0660. The fraction of sp³-hybridized carbons (Fsp3) is 0.533. The van der Waals surface area contributed by atoms with Crippen molar-refractivity contribution in [2.24, 2.45) is 11.7 Å². The van der Waals surface area contributed by atoms with Crippen LogP contribution in [0.2, 0.25) is 0 Å². The Bertz CT molecular complexity index is 473. The van der Waals surface area contributed by atoms with Gasteiger partial charge >= 0.3 is 0 Å². The molecule has 1 fully saturated rings. The second-order valence-electron chi connectivity index (χ2n) is 5.50. The van der Waals surface area contributed by atoms with Crippen LogP contribution >= 0.6 is 22.6 Å². The van der Waals surface area contributed by atoms with Gasteiger partial charge in [-0.15, -0.1) is 0 Å². The molecule has 104 valence electrons. The van der Waals surface area contributed by atoms with E-state index in [1.165, 1.54) is 0 Å². The van der Waals surface area contributed by atoms with E-state index in [-0.39, 0.29) is 11.9 Å². The molecule has 2 atom stereocenters. The quantitative estimate of drug-likeness (QED) is 0.812. The van der Waals surface area contributed by atoms with Crippen molar-refractivity contribution in [3.8, 4) is 0 Å². The van der Waals surface area contributed by atoms with Gasteiger partial charge in [0.1, 0.15) is 0 Å². The van der Waals surface area contributed by atoms with Crippen LogP contribution in [0.4, 0.5) is 0 Å². The number of halogens is 1. The average Bonchev–Trinajstić information content (AvgIpc) is 2.41. The summed E-state index contributed by atoms with van der Waals surface area (Å²) in [6.07, 6.45) is 2.19. The van der Waals surface area contributed by atoms with Crippen molar-refractivity contribution >= 4 is 28.5 Å². The monoisotopic (exact) mass is 372 g/mol. The first-order chi connectivity index (χ1) is 8.99. The SMILES string of the molecule is Cc1ccc(I)c(C(=O)N2CCCC(C(C)N)C2)c1. The van der Waals surface area contributed by atoms with Crippen LogP contribution in [-0.2, 0) is 0 Å². The molecule has 0 radical (unpaired) electrons. The number of aryl methyl sites for hydroxylation is 1. The van der Waals surface area contributed by atoms with Gasteiger partial charge in [0.05, 0.1) is 5.56 Å². The number of piperidine rings is 1. The van der Waals surface area contributed by atoms with Crippen LogP contribution in [0.15, 0.2) is 18.2 Å². The van der Waals surface area contributed by atoms with Gasteiger partial charge in [-0.05, 0) is 67.3 Å². The van der Waals surface area contributed by atoms with E-state index >= 15 is 0 Å². The van der Waals surface area contributed by atoms with Crippen molar-refractivity contribution in [2.45, 2.75) is 32.7 Å². The Morgan fingerprint density at radius 3 is 2.95 bits per heavy atom. The summed E-state index contributed by atoms with van der Waals surface area (Å²) >= 11 is 2.23. The van der Waals surface area contributed by atoms with E-state index in [4.69, 9.17) is 5.73 Å². The Labute approximate surface area is 128 Å². The fourth-order valence-corrected chi connectivity index (χ4v) is 3.16. The third kappa shape index (κ3) is 3.48. The molecule has 1 amide bonds. The predicted molar refractivity (Wildman–Crippen MR) is 86.2 cm³/mol. The highest BCUT2D eigenvalue weighted by molar-refractivity contribution is 14.1. The summed E-state index contributed by atoms with van der Waals surface area (Å²) in [6, 6.07) is 6.20. The number of benzene rings is 1. The molecule has 0 aromatic heterocycles. The lowest BCUT2D eigenvalue weighted by atomic mass is 9.92. The smallest absolute Gasteiger partial charge is 0.254 e. The zero-order valence-electron chi connectivity index (χ0n) is 11.5. The van der Waals surface area contributed by atoms with E-state index in [1.54, 1.807) is 0 Å². The van der Waals surface area contributed by atoms with Gasteiger partial charge in [0, 0.05) is 22.7 Å². The van der Waals surface area contributed by atoms with E-state index in [0.717, 1.165) is 40.6 Å². The minimum absolute atomic E-state index is 0.151. The predicted octanol–water partition coefficient (Wildman–Crippen LogP) is 2.80. The molecule has 19 heavy (non-hydrogen) atoms. The summed E-state index contributed by atoms with van der Waals surface area (Å²) in [7, 11) is 0. The van der Waals surface area contributed by atoms with Gasteiger partial charge < -0.3 is 10.6 Å². The maximum absolute atomic E-state index is 12.6. The minimum atomic E-state index is 0.151. The molecule has 4 heteroatoms. The van der Waals surface area contributed by atoms with Crippen molar-refractivity contribution in [2.75, 3.05) is 13.1 Å². The number of nitrogens with zero attached hydrogens (tertiary/aromatic N) is 1. The van der Waals surface area contributed by atoms with Crippen LogP contribution in [0.25, 0.3) is 0 Å². The number of amides is 1. The topological polar surface area (TPSA) is 46.3 Å². The average molecular weight is 372 g/mol. The Morgan fingerprint density at radius 1 is 1.53 bits per heavy atom. The Morgan fingerprint density at radius 2 is 2.26 bits per heavy atom. The van der Waals surface area contributed by atoms with Gasteiger partial charge in [-0.3, -0.25) is 4.79 Å². The Kier molecular flexibility index (Phi) is 4.84. The van der Waals surface area contributed by atoms with Gasteiger partial charge in [0.25, 0.3) is 5.91 Å². The zero-order valence-corrected chi connectivity index (χ0v) is 13.7. The van der Waals surface area contributed by atoms with Crippen molar-refractivity contribution in [1.29, 1.82) is 0 Å². The Balaban J connectivity index is 2.17. The molecule has 1 heterocycles. The molecular weight excluding hydrogens is 351 g/mol. The lowest BCUT2D eigenvalue weighted by Crippen LogP contribution is -2.45. The summed E-state index contributed by atoms with van der Waals surface area (Å²) in [6.45, 7) is 5.70. The van der Waals surface area contributed by atoms with Gasteiger partial charge in [0.2, 0.25) is 0 Å². The molecule has 2 unspecified atom stereocenters. The normalized spacial score (nSPS) is 21.3. The van der Waals surface area contributed by atoms with E-state index in [2.05, 4.69) is 22.6 Å². The van der Waals surface area contributed by atoms with E-state index in [1.807, 2.05) is 36.9 Å².